The predicted octanol–water partition coefficient (Wildman–Crippen LogP) is 1.16. The fourth-order valence-corrected chi connectivity index (χ4v) is 1.99. The van der Waals surface area contributed by atoms with Gasteiger partial charge < -0.3 is 19.4 Å². The maximum Gasteiger partial charge on any atom is 0.263 e. The number of rotatable bonds is 7. The molecule has 0 unspecified atom stereocenters. The second-order valence-corrected chi connectivity index (χ2v) is 4.40. The van der Waals surface area contributed by atoms with Gasteiger partial charge in [0.15, 0.2) is 0 Å². The van der Waals surface area contributed by atoms with Gasteiger partial charge in [0.1, 0.15) is 11.3 Å². The van der Waals surface area contributed by atoms with Crippen molar-refractivity contribution in [2.24, 2.45) is 0 Å². The van der Waals surface area contributed by atoms with Gasteiger partial charge in [-0.15, -0.1) is 0 Å². The Hall–Kier alpha value is -1.82. The third-order valence-electron chi connectivity index (χ3n) is 3.07. The zero-order valence-electron chi connectivity index (χ0n) is 12.5. The van der Waals surface area contributed by atoms with Crippen molar-refractivity contribution in [1.82, 2.24) is 9.88 Å². The van der Waals surface area contributed by atoms with E-state index in [1.807, 2.05) is 6.92 Å². The van der Waals surface area contributed by atoms with Crippen LogP contribution < -0.4 is 15.6 Å². The summed E-state index contributed by atoms with van der Waals surface area (Å²) >= 11 is 0. The molecule has 1 heterocycles. The Morgan fingerprint density at radius 1 is 1.40 bits per heavy atom. The highest BCUT2D eigenvalue weighted by Gasteiger charge is 2.18. The highest BCUT2D eigenvalue weighted by atomic mass is 16.5. The molecule has 1 amide bonds. The van der Waals surface area contributed by atoms with E-state index < -0.39 is 5.91 Å². The van der Waals surface area contributed by atoms with E-state index in [4.69, 9.17) is 9.47 Å². The van der Waals surface area contributed by atoms with E-state index in [0.29, 0.717) is 18.0 Å². The van der Waals surface area contributed by atoms with Crippen LogP contribution in [0.2, 0.25) is 0 Å². The number of methoxy groups -OCH3 is 2. The van der Waals surface area contributed by atoms with Crippen LogP contribution in [-0.4, -0.2) is 31.7 Å². The molecule has 1 aromatic rings. The lowest BCUT2D eigenvalue weighted by molar-refractivity contribution is 0.0960. The van der Waals surface area contributed by atoms with Crippen LogP contribution >= 0.6 is 0 Å². The summed E-state index contributed by atoms with van der Waals surface area (Å²) in [5.74, 6) is 0.0728. The van der Waals surface area contributed by atoms with Crippen molar-refractivity contribution in [3.05, 3.63) is 27.7 Å². The van der Waals surface area contributed by atoms with Crippen molar-refractivity contribution in [1.29, 1.82) is 0 Å². The summed E-state index contributed by atoms with van der Waals surface area (Å²) in [5, 5.41) is 2.47. The van der Waals surface area contributed by atoms with Crippen molar-refractivity contribution in [2.75, 3.05) is 21.3 Å². The average molecular weight is 282 g/mol. The van der Waals surface area contributed by atoms with Gasteiger partial charge in [-0.1, -0.05) is 13.3 Å². The number of nitrogens with one attached hydrogen (secondary N) is 1. The van der Waals surface area contributed by atoms with Gasteiger partial charge in [-0.25, -0.2) is 0 Å². The summed E-state index contributed by atoms with van der Waals surface area (Å²) < 4.78 is 12.0. The summed E-state index contributed by atoms with van der Waals surface area (Å²) in [6, 6.07) is 1.47. The molecule has 20 heavy (non-hydrogen) atoms. The maximum absolute atomic E-state index is 12.4. The van der Waals surface area contributed by atoms with Crippen LogP contribution in [-0.2, 0) is 17.9 Å². The number of nitrogens with zero attached hydrogens (tertiary/aromatic N) is 1. The van der Waals surface area contributed by atoms with E-state index in [1.165, 1.54) is 20.2 Å². The Bertz CT molecular complexity index is 523. The Balaban J connectivity index is 3.46. The first-order valence-electron chi connectivity index (χ1n) is 6.62. The van der Waals surface area contributed by atoms with Crippen LogP contribution in [0.3, 0.4) is 0 Å². The van der Waals surface area contributed by atoms with E-state index >= 15 is 0 Å². The predicted molar refractivity (Wildman–Crippen MR) is 76.3 cm³/mol. The van der Waals surface area contributed by atoms with Crippen molar-refractivity contribution in [2.45, 2.75) is 32.9 Å². The fraction of sp³-hybridized carbons (Fsp3) is 0.571. The van der Waals surface area contributed by atoms with Gasteiger partial charge in [0.25, 0.3) is 11.5 Å². The molecular formula is C14H22N2O4. The molecule has 6 nitrogen and oxygen atoms in total. The number of amides is 1. The molecule has 0 aliphatic rings. The van der Waals surface area contributed by atoms with Gasteiger partial charge in [0.05, 0.1) is 19.4 Å². The zero-order chi connectivity index (χ0) is 15.1. The lowest BCUT2D eigenvalue weighted by atomic mass is 10.2. The van der Waals surface area contributed by atoms with Crippen LogP contribution in [0.5, 0.6) is 5.75 Å². The first-order valence-corrected chi connectivity index (χ1v) is 6.62. The third kappa shape index (κ3) is 3.39. The van der Waals surface area contributed by atoms with Crippen LogP contribution in [0, 0.1) is 0 Å². The number of hydrogen-bond acceptors (Lipinski definition) is 4. The van der Waals surface area contributed by atoms with Crippen molar-refractivity contribution in [3.63, 3.8) is 0 Å². The lowest BCUT2D eigenvalue weighted by Gasteiger charge is -2.17. The molecule has 6 heteroatoms. The number of hydrogen-bond donors (Lipinski definition) is 1. The minimum Gasteiger partial charge on any atom is -0.495 e. The van der Waals surface area contributed by atoms with Crippen LogP contribution in [0.25, 0.3) is 0 Å². The molecule has 1 rings (SSSR count). The second kappa shape index (κ2) is 7.69. The number of pyridine rings is 1. The molecule has 0 radical (unpaired) electrons. The first kappa shape index (κ1) is 16.2. The highest BCUT2D eigenvalue weighted by Crippen LogP contribution is 2.19. The van der Waals surface area contributed by atoms with Gasteiger partial charge >= 0.3 is 0 Å². The van der Waals surface area contributed by atoms with Crippen molar-refractivity contribution in [3.8, 4) is 5.75 Å². The van der Waals surface area contributed by atoms with Gasteiger partial charge in [-0.2, -0.15) is 0 Å². The van der Waals surface area contributed by atoms with E-state index in [0.717, 1.165) is 12.8 Å². The number of carbonyl (C=O) groups excluding carboxylic acids is 1. The van der Waals surface area contributed by atoms with Crippen LogP contribution in [0.1, 0.15) is 35.8 Å². The Labute approximate surface area is 118 Å². The van der Waals surface area contributed by atoms with Gasteiger partial charge in [-0.3, -0.25) is 9.59 Å². The fourth-order valence-electron chi connectivity index (χ4n) is 1.99. The van der Waals surface area contributed by atoms with Crippen LogP contribution in [0.15, 0.2) is 10.9 Å². The quantitative estimate of drug-likeness (QED) is 0.815. The zero-order valence-corrected chi connectivity index (χ0v) is 12.5. The van der Waals surface area contributed by atoms with E-state index in [-0.39, 0.29) is 17.7 Å². The van der Waals surface area contributed by atoms with Gasteiger partial charge in [0, 0.05) is 26.8 Å². The maximum atomic E-state index is 12.4. The normalized spacial score (nSPS) is 10.4. The summed E-state index contributed by atoms with van der Waals surface area (Å²) in [6.45, 7) is 2.84. The van der Waals surface area contributed by atoms with Gasteiger partial charge in [-0.05, 0) is 6.42 Å². The van der Waals surface area contributed by atoms with Crippen LogP contribution in [0.4, 0.5) is 0 Å². The number of aromatic nitrogens is 1. The smallest absolute Gasteiger partial charge is 0.263 e. The second-order valence-electron chi connectivity index (χ2n) is 4.40. The summed E-state index contributed by atoms with van der Waals surface area (Å²) in [6.07, 6.45) is 1.79. The summed E-state index contributed by atoms with van der Waals surface area (Å²) in [7, 11) is 4.56. The van der Waals surface area contributed by atoms with Crippen molar-refractivity contribution >= 4 is 5.91 Å². The molecule has 0 atom stereocenters. The number of unbranched alkanes of at least 4 members (excludes halogenated alkanes) is 1. The SMILES string of the molecule is CCCCn1c(COC)c(OC)cc(C(=O)NC)c1=O. The number of carbonyl (C=O) groups is 1. The topological polar surface area (TPSA) is 69.6 Å². The highest BCUT2D eigenvalue weighted by molar-refractivity contribution is 5.94. The monoisotopic (exact) mass is 282 g/mol. The molecule has 0 saturated heterocycles. The minimum absolute atomic E-state index is 0.0836. The molecule has 0 bridgehead atoms. The third-order valence-corrected chi connectivity index (χ3v) is 3.07. The molecule has 1 aromatic heterocycles. The number of ether oxygens (including phenoxy) is 2. The van der Waals surface area contributed by atoms with Gasteiger partial charge in [0.2, 0.25) is 0 Å². The molecule has 1 N–H and O–H groups in total. The van der Waals surface area contributed by atoms with E-state index in [9.17, 15) is 9.59 Å². The largest absolute Gasteiger partial charge is 0.495 e. The molecule has 0 fully saturated rings. The van der Waals surface area contributed by atoms with E-state index in [1.54, 1.807) is 11.7 Å². The molecule has 0 aromatic carbocycles. The Kier molecular flexibility index (Phi) is 6.24. The lowest BCUT2D eigenvalue weighted by Crippen LogP contribution is -2.33. The summed E-state index contributed by atoms with van der Waals surface area (Å²) in [5.41, 5.74) is 0.423. The molecule has 0 aliphatic carbocycles. The first-order chi connectivity index (χ1) is 9.60. The molecule has 112 valence electrons. The molecule has 0 aliphatic heterocycles. The molecule has 0 saturated carbocycles. The van der Waals surface area contributed by atoms with Crippen molar-refractivity contribution < 1.29 is 14.3 Å². The average Bonchev–Trinajstić information content (AvgIpc) is 2.46. The Morgan fingerprint density at radius 3 is 2.60 bits per heavy atom. The van der Waals surface area contributed by atoms with E-state index in [2.05, 4.69) is 5.32 Å². The molecular weight excluding hydrogens is 260 g/mol. The minimum atomic E-state index is -0.414. The standard InChI is InChI=1S/C14H22N2O4/c1-5-6-7-16-11(9-19-3)12(20-4)8-10(14(16)18)13(17)15-2/h8H,5-7,9H2,1-4H3,(H,15,17). The Morgan fingerprint density at radius 2 is 2.10 bits per heavy atom. The molecule has 0 spiro atoms. The summed E-state index contributed by atoms with van der Waals surface area (Å²) in [4.78, 5) is 24.2.